The molecule has 20 heavy (non-hydrogen) atoms. The van der Waals surface area contributed by atoms with Gasteiger partial charge in [-0.3, -0.25) is 0 Å². The van der Waals surface area contributed by atoms with Crippen LogP contribution in [0.2, 0.25) is 0 Å². The molecule has 0 aliphatic rings. The summed E-state index contributed by atoms with van der Waals surface area (Å²) in [5.41, 5.74) is 3.32. The first-order valence-corrected chi connectivity index (χ1v) is 7.43. The Hall–Kier alpha value is -1.90. The van der Waals surface area contributed by atoms with Crippen molar-refractivity contribution in [2.45, 2.75) is 40.0 Å². The second kappa shape index (κ2) is 7.04. The molecular formula is C17H23N3. The standard InChI is InChI=1S/C17H23N3/c1-4-6-12-15-19-16(14-10-8-7-9-11-14)13(3)17(20-15)18-5-2/h7-11H,4-6,12H2,1-3H3,(H,18,19,20). The van der Waals surface area contributed by atoms with E-state index in [1.54, 1.807) is 0 Å². The molecule has 0 aliphatic heterocycles. The number of hydrogen-bond acceptors (Lipinski definition) is 3. The SMILES string of the molecule is CCCCc1nc(NCC)c(C)c(-c2ccccc2)n1. The van der Waals surface area contributed by atoms with Crippen molar-refractivity contribution in [1.29, 1.82) is 0 Å². The van der Waals surface area contributed by atoms with Crippen molar-refractivity contribution in [1.82, 2.24) is 9.97 Å². The minimum Gasteiger partial charge on any atom is -0.370 e. The molecule has 0 saturated heterocycles. The fourth-order valence-electron chi connectivity index (χ4n) is 2.23. The second-order valence-electron chi connectivity index (χ2n) is 4.96. The zero-order valence-corrected chi connectivity index (χ0v) is 12.6. The predicted octanol–water partition coefficient (Wildman–Crippen LogP) is 4.23. The van der Waals surface area contributed by atoms with E-state index in [9.17, 15) is 0 Å². The van der Waals surface area contributed by atoms with Crippen molar-refractivity contribution in [3.05, 3.63) is 41.7 Å². The van der Waals surface area contributed by atoms with Crippen LogP contribution >= 0.6 is 0 Å². The molecule has 2 aromatic rings. The highest BCUT2D eigenvalue weighted by molar-refractivity contribution is 5.68. The summed E-state index contributed by atoms with van der Waals surface area (Å²) in [5.74, 6) is 1.90. The molecule has 0 unspecified atom stereocenters. The van der Waals surface area contributed by atoms with Crippen LogP contribution in [0.15, 0.2) is 30.3 Å². The summed E-state index contributed by atoms with van der Waals surface area (Å²) in [6.45, 7) is 7.25. The van der Waals surface area contributed by atoms with Crippen LogP contribution in [0.4, 0.5) is 5.82 Å². The van der Waals surface area contributed by atoms with Gasteiger partial charge in [-0.2, -0.15) is 0 Å². The third-order valence-electron chi connectivity index (χ3n) is 3.34. The summed E-state index contributed by atoms with van der Waals surface area (Å²) in [6.07, 6.45) is 3.23. The maximum Gasteiger partial charge on any atom is 0.133 e. The number of rotatable bonds is 6. The van der Waals surface area contributed by atoms with Crippen LogP contribution in [0, 0.1) is 6.92 Å². The van der Waals surface area contributed by atoms with Gasteiger partial charge in [-0.05, 0) is 20.3 Å². The lowest BCUT2D eigenvalue weighted by Gasteiger charge is -2.13. The lowest BCUT2D eigenvalue weighted by atomic mass is 10.1. The fourth-order valence-corrected chi connectivity index (χ4v) is 2.23. The van der Waals surface area contributed by atoms with E-state index in [1.165, 1.54) is 0 Å². The van der Waals surface area contributed by atoms with E-state index in [-0.39, 0.29) is 0 Å². The van der Waals surface area contributed by atoms with Crippen molar-refractivity contribution in [3.63, 3.8) is 0 Å². The number of unbranched alkanes of at least 4 members (excludes halogenated alkanes) is 1. The maximum atomic E-state index is 4.77. The van der Waals surface area contributed by atoms with Crippen molar-refractivity contribution in [2.24, 2.45) is 0 Å². The Bertz CT molecular complexity index is 550. The Morgan fingerprint density at radius 3 is 2.45 bits per heavy atom. The maximum absolute atomic E-state index is 4.77. The molecule has 1 heterocycles. The van der Waals surface area contributed by atoms with Gasteiger partial charge in [0.2, 0.25) is 0 Å². The third kappa shape index (κ3) is 3.35. The summed E-state index contributed by atoms with van der Waals surface area (Å²) >= 11 is 0. The van der Waals surface area contributed by atoms with E-state index < -0.39 is 0 Å². The highest BCUT2D eigenvalue weighted by Crippen LogP contribution is 2.26. The normalized spacial score (nSPS) is 10.6. The van der Waals surface area contributed by atoms with E-state index in [2.05, 4.69) is 55.3 Å². The Morgan fingerprint density at radius 2 is 1.80 bits per heavy atom. The second-order valence-corrected chi connectivity index (χ2v) is 4.96. The smallest absolute Gasteiger partial charge is 0.133 e. The van der Waals surface area contributed by atoms with Gasteiger partial charge in [0, 0.05) is 24.1 Å². The molecule has 0 fully saturated rings. The molecule has 0 saturated carbocycles. The Kier molecular flexibility index (Phi) is 5.10. The van der Waals surface area contributed by atoms with Gasteiger partial charge in [-0.25, -0.2) is 9.97 Å². The van der Waals surface area contributed by atoms with Gasteiger partial charge >= 0.3 is 0 Å². The number of nitrogens with zero attached hydrogens (tertiary/aromatic N) is 2. The molecule has 1 aromatic heterocycles. The number of aromatic nitrogens is 2. The summed E-state index contributed by atoms with van der Waals surface area (Å²) in [7, 11) is 0. The van der Waals surface area contributed by atoms with Crippen molar-refractivity contribution < 1.29 is 0 Å². The van der Waals surface area contributed by atoms with Crippen LogP contribution in [-0.4, -0.2) is 16.5 Å². The molecule has 106 valence electrons. The molecule has 0 bridgehead atoms. The third-order valence-corrected chi connectivity index (χ3v) is 3.34. The minimum atomic E-state index is 0.874. The van der Waals surface area contributed by atoms with E-state index in [0.717, 1.165) is 54.3 Å². The van der Waals surface area contributed by atoms with Crippen molar-refractivity contribution >= 4 is 5.82 Å². The Labute approximate surface area is 121 Å². The zero-order chi connectivity index (χ0) is 14.4. The predicted molar refractivity (Wildman–Crippen MR) is 85.0 cm³/mol. The van der Waals surface area contributed by atoms with Gasteiger partial charge in [-0.1, -0.05) is 43.7 Å². The summed E-state index contributed by atoms with van der Waals surface area (Å²) in [5, 5.41) is 3.35. The molecular weight excluding hydrogens is 246 g/mol. The largest absolute Gasteiger partial charge is 0.370 e. The van der Waals surface area contributed by atoms with Crippen LogP contribution in [0.1, 0.15) is 38.1 Å². The number of hydrogen-bond donors (Lipinski definition) is 1. The topological polar surface area (TPSA) is 37.8 Å². The van der Waals surface area contributed by atoms with Crippen LogP contribution in [0.3, 0.4) is 0 Å². The summed E-state index contributed by atoms with van der Waals surface area (Å²) in [4.78, 5) is 9.44. The number of benzene rings is 1. The van der Waals surface area contributed by atoms with E-state index in [0.29, 0.717) is 0 Å². The van der Waals surface area contributed by atoms with Gasteiger partial charge in [0.15, 0.2) is 0 Å². The highest BCUT2D eigenvalue weighted by Gasteiger charge is 2.11. The van der Waals surface area contributed by atoms with Crippen LogP contribution in [0.5, 0.6) is 0 Å². The van der Waals surface area contributed by atoms with Crippen LogP contribution < -0.4 is 5.32 Å². The average molecular weight is 269 g/mol. The highest BCUT2D eigenvalue weighted by atomic mass is 15.0. The molecule has 3 nitrogen and oxygen atoms in total. The Balaban J connectivity index is 2.45. The fraction of sp³-hybridized carbons (Fsp3) is 0.412. The van der Waals surface area contributed by atoms with Crippen molar-refractivity contribution in [2.75, 3.05) is 11.9 Å². The molecule has 0 amide bonds. The molecule has 3 heteroatoms. The van der Waals surface area contributed by atoms with Gasteiger partial charge in [0.25, 0.3) is 0 Å². The molecule has 0 aliphatic carbocycles. The van der Waals surface area contributed by atoms with Crippen LogP contribution in [0.25, 0.3) is 11.3 Å². The molecule has 2 rings (SSSR count). The number of anilines is 1. The first kappa shape index (κ1) is 14.5. The number of nitrogens with one attached hydrogen (secondary N) is 1. The average Bonchev–Trinajstić information content (AvgIpc) is 2.49. The van der Waals surface area contributed by atoms with Crippen LogP contribution in [-0.2, 0) is 6.42 Å². The summed E-state index contributed by atoms with van der Waals surface area (Å²) in [6, 6.07) is 10.3. The van der Waals surface area contributed by atoms with Gasteiger partial charge < -0.3 is 5.32 Å². The quantitative estimate of drug-likeness (QED) is 0.853. The monoisotopic (exact) mass is 269 g/mol. The van der Waals surface area contributed by atoms with E-state index >= 15 is 0 Å². The van der Waals surface area contributed by atoms with E-state index in [1.807, 2.05) is 6.07 Å². The molecule has 1 aromatic carbocycles. The zero-order valence-electron chi connectivity index (χ0n) is 12.6. The molecule has 0 spiro atoms. The first-order valence-electron chi connectivity index (χ1n) is 7.43. The molecule has 0 radical (unpaired) electrons. The lowest BCUT2D eigenvalue weighted by molar-refractivity contribution is 0.752. The minimum absolute atomic E-state index is 0.874. The molecule has 0 atom stereocenters. The summed E-state index contributed by atoms with van der Waals surface area (Å²) < 4.78 is 0. The van der Waals surface area contributed by atoms with Gasteiger partial charge in [0.05, 0.1) is 5.69 Å². The first-order chi connectivity index (χ1) is 9.76. The van der Waals surface area contributed by atoms with Crippen molar-refractivity contribution in [3.8, 4) is 11.3 Å². The van der Waals surface area contributed by atoms with Gasteiger partial charge in [-0.15, -0.1) is 0 Å². The van der Waals surface area contributed by atoms with E-state index in [4.69, 9.17) is 4.98 Å². The van der Waals surface area contributed by atoms with Gasteiger partial charge in [0.1, 0.15) is 11.6 Å². The lowest BCUT2D eigenvalue weighted by Crippen LogP contribution is -2.08. The number of aryl methyl sites for hydroxylation is 1. The Morgan fingerprint density at radius 1 is 1.05 bits per heavy atom. The molecule has 1 N–H and O–H groups in total.